The monoisotopic (exact) mass is 181 g/mol. The summed E-state index contributed by atoms with van der Waals surface area (Å²) in [4.78, 5) is 13.3. The third kappa shape index (κ3) is 1.93. The van der Waals surface area contributed by atoms with E-state index >= 15 is 0 Å². The normalized spacial score (nSPS) is 31.0. The van der Waals surface area contributed by atoms with Gasteiger partial charge in [0.25, 0.3) is 0 Å². The molecule has 1 saturated heterocycles. The standard InChI is InChI=1S/C9H13NO.C2H6/c1-10-6-7-4-2-3-5-8(7)9(10)11;1-2/h2,4,7-8H,3,5-6H2,1H3;1-2H3. The summed E-state index contributed by atoms with van der Waals surface area (Å²) in [5, 5.41) is 0. The van der Waals surface area contributed by atoms with Crippen molar-refractivity contribution in [1.82, 2.24) is 4.90 Å². The number of likely N-dealkylation sites (tertiary alicyclic amines) is 1. The number of carbonyl (C=O) groups excluding carboxylic acids is 1. The first-order valence-electron chi connectivity index (χ1n) is 5.20. The summed E-state index contributed by atoms with van der Waals surface area (Å²) < 4.78 is 0. The summed E-state index contributed by atoms with van der Waals surface area (Å²) >= 11 is 0. The summed E-state index contributed by atoms with van der Waals surface area (Å²) in [6, 6.07) is 0. The second-order valence-electron chi connectivity index (χ2n) is 3.49. The van der Waals surface area contributed by atoms with E-state index in [1.165, 1.54) is 0 Å². The summed E-state index contributed by atoms with van der Waals surface area (Å²) in [7, 11) is 1.90. The Morgan fingerprint density at radius 2 is 2.15 bits per heavy atom. The first-order chi connectivity index (χ1) is 6.29. The van der Waals surface area contributed by atoms with Crippen LogP contribution in [0.2, 0.25) is 0 Å². The molecule has 2 rings (SSSR count). The average Bonchev–Trinajstić information content (AvgIpc) is 2.47. The molecule has 2 nitrogen and oxygen atoms in total. The molecule has 0 N–H and O–H groups in total. The smallest absolute Gasteiger partial charge is 0.226 e. The van der Waals surface area contributed by atoms with Gasteiger partial charge >= 0.3 is 0 Å². The SMILES string of the molecule is CC.CN1CC2C=CCCC2C1=O. The molecule has 2 aliphatic rings. The van der Waals surface area contributed by atoms with E-state index in [1.54, 1.807) is 0 Å². The van der Waals surface area contributed by atoms with Crippen molar-refractivity contribution in [3.8, 4) is 0 Å². The van der Waals surface area contributed by atoms with Crippen molar-refractivity contribution in [3.05, 3.63) is 12.2 Å². The van der Waals surface area contributed by atoms with Gasteiger partial charge in [-0.05, 0) is 12.8 Å². The molecule has 0 bridgehead atoms. The first-order valence-corrected chi connectivity index (χ1v) is 5.20. The number of rotatable bonds is 0. The number of carbonyl (C=O) groups is 1. The predicted octanol–water partition coefficient (Wildman–Crippen LogP) is 2.07. The molecule has 0 radical (unpaired) electrons. The third-order valence-corrected chi connectivity index (χ3v) is 2.72. The highest BCUT2D eigenvalue weighted by Crippen LogP contribution is 2.31. The molecular weight excluding hydrogens is 162 g/mol. The maximum Gasteiger partial charge on any atom is 0.226 e. The van der Waals surface area contributed by atoms with Crippen LogP contribution in [-0.4, -0.2) is 24.4 Å². The van der Waals surface area contributed by atoms with Crippen LogP contribution in [0.4, 0.5) is 0 Å². The van der Waals surface area contributed by atoms with Gasteiger partial charge in [0.2, 0.25) is 5.91 Å². The van der Waals surface area contributed by atoms with E-state index in [4.69, 9.17) is 0 Å². The van der Waals surface area contributed by atoms with E-state index in [0.717, 1.165) is 19.4 Å². The molecule has 0 aromatic heterocycles. The van der Waals surface area contributed by atoms with Gasteiger partial charge in [0, 0.05) is 25.4 Å². The van der Waals surface area contributed by atoms with Gasteiger partial charge in [-0.2, -0.15) is 0 Å². The molecule has 1 amide bonds. The molecular formula is C11H19NO. The highest BCUT2D eigenvalue weighted by Gasteiger charge is 2.37. The lowest BCUT2D eigenvalue weighted by molar-refractivity contribution is -0.130. The average molecular weight is 181 g/mol. The van der Waals surface area contributed by atoms with E-state index in [2.05, 4.69) is 12.2 Å². The lowest BCUT2D eigenvalue weighted by Gasteiger charge is -2.15. The molecule has 0 aromatic rings. The zero-order valence-electron chi connectivity index (χ0n) is 8.79. The Morgan fingerprint density at radius 3 is 2.77 bits per heavy atom. The van der Waals surface area contributed by atoms with Gasteiger partial charge in [0.15, 0.2) is 0 Å². The third-order valence-electron chi connectivity index (χ3n) is 2.72. The quantitative estimate of drug-likeness (QED) is 0.524. The van der Waals surface area contributed by atoms with Crippen molar-refractivity contribution in [3.63, 3.8) is 0 Å². The molecule has 2 heteroatoms. The maximum atomic E-state index is 11.4. The van der Waals surface area contributed by atoms with Gasteiger partial charge < -0.3 is 4.90 Å². The van der Waals surface area contributed by atoms with E-state index in [-0.39, 0.29) is 0 Å². The van der Waals surface area contributed by atoms with Gasteiger partial charge in [0.05, 0.1) is 0 Å². The van der Waals surface area contributed by atoms with Gasteiger partial charge in [-0.1, -0.05) is 26.0 Å². The Morgan fingerprint density at radius 1 is 1.46 bits per heavy atom. The van der Waals surface area contributed by atoms with Crippen LogP contribution in [0.5, 0.6) is 0 Å². The van der Waals surface area contributed by atoms with Crippen molar-refractivity contribution in [1.29, 1.82) is 0 Å². The summed E-state index contributed by atoms with van der Waals surface area (Å²) in [5.74, 6) is 1.17. The van der Waals surface area contributed by atoms with Crippen molar-refractivity contribution >= 4 is 5.91 Å². The second-order valence-corrected chi connectivity index (χ2v) is 3.49. The van der Waals surface area contributed by atoms with Crippen molar-refractivity contribution in [2.45, 2.75) is 26.7 Å². The number of hydrogen-bond acceptors (Lipinski definition) is 1. The molecule has 1 fully saturated rings. The predicted molar refractivity (Wildman–Crippen MR) is 54.3 cm³/mol. The largest absolute Gasteiger partial charge is 0.345 e. The van der Waals surface area contributed by atoms with Crippen LogP contribution >= 0.6 is 0 Å². The molecule has 2 unspecified atom stereocenters. The summed E-state index contributed by atoms with van der Waals surface area (Å²) in [6.07, 6.45) is 6.55. The first kappa shape index (κ1) is 10.3. The Labute approximate surface area is 80.6 Å². The Kier molecular flexibility index (Phi) is 3.52. The van der Waals surface area contributed by atoms with Crippen molar-refractivity contribution in [2.24, 2.45) is 11.8 Å². The van der Waals surface area contributed by atoms with Gasteiger partial charge in [0.1, 0.15) is 0 Å². The van der Waals surface area contributed by atoms with Crippen LogP contribution in [0.3, 0.4) is 0 Å². The number of hydrogen-bond donors (Lipinski definition) is 0. The molecule has 1 aliphatic heterocycles. The fourth-order valence-corrected chi connectivity index (χ4v) is 2.08. The molecule has 0 spiro atoms. The number of allylic oxidation sites excluding steroid dienone is 1. The van der Waals surface area contributed by atoms with Gasteiger partial charge in [-0.3, -0.25) is 4.79 Å². The fourth-order valence-electron chi connectivity index (χ4n) is 2.08. The zero-order valence-corrected chi connectivity index (χ0v) is 8.79. The maximum absolute atomic E-state index is 11.4. The summed E-state index contributed by atoms with van der Waals surface area (Å²) in [5.41, 5.74) is 0. The minimum Gasteiger partial charge on any atom is -0.345 e. The van der Waals surface area contributed by atoms with Crippen LogP contribution < -0.4 is 0 Å². The van der Waals surface area contributed by atoms with Crippen molar-refractivity contribution in [2.75, 3.05) is 13.6 Å². The van der Waals surface area contributed by atoms with Gasteiger partial charge in [-0.25, -0.2) is 0 Å². The summed E-state index contributed by atoms with van der Waals surface area (Å²) in [6.45, 7) is 4.93. The molecule has 74 valence electrons. The van der Waals surface area contributed by atoms with E-state index in [9.17, 15) is 4.79 Å². The van der Waals surface area contributed by atoms with Crippen LogP contribution in [0.1, 0.15) is 26.7 Å². The highest BCUT2D eigenvalue weighted by molar-refractivity contribution is 5.81. The highest BCUT2D eigenvalue weighted by atomic mass is 16.2. The minimum absolute atomic E-state index is 0.310. The van der Waals surface area contributed by atoms with Crippen LogP contribution in [0.25, 0.3) is 0 Å². The Bertz CT molecular complexity index is 210. The molecule has 0 saturated carbocycles. The lowest BCUT2D eigenvalue weighted by Crippen LogP contribution is -2.22. The topological polar surface area (TPSA) is 20.3 Å². The van der Waals surface area contributed by atoms with Crippen LogP contribution in [0, 0.1) is 11.8 Å². The molecule has 1 heterocycles. The van der Waals surface area contributed by atoms with Gasteiger partial charge in [-0.15, -0.1) is 0 Å². The molecule has 2 atom stereocenters. The molecule has 0 aromatic carbocycles. The minimum atomic E-state index is 0.310. The van der Waals surface area contributed by atoms with Crippen molar-refractivity contribution < 1.29 is 4.79 Å². The molecule has 13 heavy (non-hydrogen) atoms. The zero-order chi connectivity index (χ0) is 9.84. The van der Waals surface area contributed by atoms with E-state index in [1.807, 2.05) is 25.8 Å². The van der Waals surface area contributed by atoms with Crippen LogP contribution in [0.15, 0.2) is 12.2 Å². The number of fused-ring (bicyclic) bond motifs is 1. The number of nitrogens with zero attached hydrogens (tertiary/aromatic N) is 1. The molecule has 1 aliphatic carbocycles. The van der Waals surface area contributed by atoms with Crippen LogP contribution in [-0.2, 0) is 4.79 Å². The Balaban J connectivity index is 0.000000396. The second kappa shape index (κ2) is 4.45. The Hall–Kier alpha value is -0.790. The fraction of sp³-hybridized carbons (Fsp3) is 0.727. The van der Waals surface area contributed by atoms with E-state index < -0.39 is 0 Å². The van der Waals surface area contributed by atoms with E-state index in [0.29, 0.717) is 17.7 Å². The number of amides is 1. The lowest BCUT2D eigenvalue weighted by atomic mass is 9.87.